The van der Waals surface area contributed by atoms with E-state index in [1.54, 1.807) is 18.2 Å². The molecule has 1 aromatic heterocycles. The Morgan fingerprint density at radius 2 is 2.05 bits per heavy atom. The van der Waals surface area contributed by atoms with Crippen LogP contribution < -0.4 is 20.5 Å². The van der Waals surface area contributed by atoms with Crippen molar-refractivity contribution in [2.75, 3.05) is 17.8 Å². The van der Waals surface area contributed by atoms with Gasteiger partial charge in [0.25, 0.3) is 0 Å². The zero-order valence-electron chi connectivity index (χ0n) is 10.2. The first-order valence-corrected chi connectivity index (χ1v) is 5.71. The molecule has 1 aliphatic heterocycles. The van der Waals surface area contributed by atoms with Gasteiger partial charge >= 0.3 is 5.69 Å². The van der Waals surface area contributed by atoms with Crippen LogP contribution in [0.5, 0.6) is 11.5 Å². The molecule has 0 radical (unpaired) electrons. The number of pyridine rings is 1. The molecule has 0 fully saturated rings. The molecule has 0 amide bonds. The number of benzene rings is 1. The number of hydrogen-bond acceptors (Lipinski definition) is 7. The smallest absolute Gasteiger partial charge is 0.311 e. The Kier molecular flexibility index (Phi) is 2.75. The number of nitro groups is 1. The number of nitrogen functional groups attached to an aromatic ring is 1. The number of hydrogen-bond donors (Lipinski definition) is 2. The van der Waals surface area contributed by atoms with Crippen LogP contribution in [0.15, 0.2) is 30.3 Å². The van der Waals surface area contributed by atoms with Crippen molar-refractivity contribution in [1.82, 2.24) is 4.98 Å². The minimum Gasteiger partial charge on any atom is -0.454 e. The lowest BCUT2D eigenvalue weighted by Crippen LogP contribution is -2.02. The number of anilines is 3. The van der Waals surface area contributed by atoms with Gasteiger partial charge in [-0.15, -0.1) is 0 Å². The molecule has 0 spiro atoms. The fourth-order valence-electron chi connectivity index (χ4n) is 1.82. The monoisotopic (exact) mass is 274 g/mol. The molecule has 3 rings (SSSR count). The largest absolute Gasteiger partial charge is 0.454 e. The number of nitrogens with zero attached hydrogens (tertiary/aromatic N) is 2. The predicted octanol–water partition coefficient (Wildman–Crippen LogP) is 2.04. The Labute approximate surface area is 113 Å². The van der Waals surface area contributed by atoms with E-state index < -0.39 is 4.92 Å². The van der Waals surface area contributed by atoms with Gasteiger partial charge in [-0.3, -0.25) is 10.1 Å². The third-order valence-corrected chi connectivity index (χ3v) is 2.73. The van der Waals surface area contributed by atoms with Gasteiger partial charge in [0.2, 0.25) is 12.6 Å². The van der Waals surface area contributed by atoms with E-state index in [1.807, 2.05) is 0 Å². The van der Waals surface area contributed by atoms with Crippen LogP contribution in [0.2, 0.25) is 0 Å². The summed E-state index contributed by atoms with van der Waals surface area (Å²) in [7, 11) is 0. The van der Waals surface area contributed by atoms with Crippen LogP contribution in [0.3, 0.4) is 0 Å². The van der Waals surface area contributed by atoms with Crippen LogP contribution in [0.1, 0.15) is 0 Å². The van der Waals surface area contributed by atoms with Gasteiger partial charge in [-0.25, -0.2) is 4.98 Å². The number of aromatic nitrogens is 1. The maximum absolute atomic E-state index is 11.0. The zero-order valence-corrected chi connectivity index (χ0v) is 10.2. The molecular weight excluding hydrogens is 264 g/mol. The quantitative estimate of drug-likeness (QED) is 0.650. The second kappa shape index (κ2) is 4.57. The van der Waals surface area contributed by atoms with E-state index >= 15 is 0 Å². The molecule has 8 nitrogen and oxygen atoms in total. The van der Waals surface area contributed by atoms with Crippen LogP contribution in [0, 0.1) is 10.1 Å². The summed E-state index contributed by atoms with van der Waals surface area (Å²) in [6.45, 7) is 0.162. The Hall–Kier alpha value is -3.03. The molecule has 2 heterocycles. The van der Waals surface area contributed by atoms with E-state index in [9.17, 15) is 10.1 Å². The van der Waals surface area contributed by atoms with E-state index in [0.717, 1.165) is 0 Å². The second-order valence-electron chi connectivity index (χ2n) is 4.05. The third kappa shape index (κ3) is 2.14. The number of rotatable bonds is 3. The number of nitrogens with one attached hydrogen (secondary N) is 1. The second-order valence-corrected chi connectivity index (χ2v) is 4.05. The van der Waals surface area contributed by atoms with Gasteiger partial charge in [-0.1, -0.05) is 0 Å². The first kappa shape index (κ1) is 12.0. The normalized spacial score (nSPS) is 12.2. The van der Waals surface area contributed by atoms with Crippen molar-refractivity contribution in [3.05, 3.63) is 40.4 Å². The third-order valence-electron chi connectivity index (χ3n) is 2.73. The van der Waals surface area contributed by atoms with E-state index in [2.05, 4.69) is 10.3 Å². The fourth-order valence-corrected chi connectivity index (χ4v) is 1.82. The first-order chi connectivity index (χ1) is 9.63. The summed E-state index contributed by atoms with van der Waals surface area (Å²) in [4.78, 5) is 14.4. The molecule has 0 saturated carbocycles. The van der Waals surface area contributed by atoms with Gasteiger partial charge in [0.15, 0.2) is 11.5 Å². The standard InChI is InChI=1S/C12H10N4O4/c13-11-4-2-8(16(17)18)12(15-11)14-7-1-3-9-10(5-7)20-6-19-9/h1-5H,6H2,(H3,13,14,15). The van der Waals surface area contributed by atoms with Gasteiger partial charge in [-0.2, -0.15) is 0 Å². The highest BCUT2D eigenvalue weighted by Crippen LogP contribution is 2.36. The molecule has 1 aromatic carbocycles. The van der Waals surface area contributed by atoms with Crippen molar-refractivity contribution in [1.29, 1.82) is 0 Å². The predicted molar refractivity (Wildman–Crippen MR) is 71.2 cm³/mol. The summed E-state index contributed by atoms with van der Waals surface area (Å²) in [6.07, 6.45) is 0. The van der Waals surface area contributed by atoms with Gasteiger partial charge in [0.05, 0.1) is 4.92 Å². The number of nitrogens with two attached hydrogens (primary N) is 1. The van der Waals surface area contributed by atoms with Crippen molar-refractivity contribution in [2.45, 2.75) is 0 Å². The average Bonchev–Trinajstić information content (AvgIpc) is 2.85. The summed E-state index contributed by atoms with van der Waals surface area (Å²) < 4.78 is 10.4. The Morgan fingerprint density at radius 1 is 1.25 bits per heavy atom. The Morgan fingerprint density at radius 3 is 2.85 bits per heavy atom. The Bertz CT molecular complexity index is 689. The summed E-state index contributed by atoms with van der Waals surface area (Å²) in [5.41, 5.74) is 5.99. The van der Waals surface area contributed by atoms with E-state index in [4.69, 9.17) is 15.2 Å². The van der Waals surface area contributed by atoms with Crippen LogP contribution in [-0.4, -0.2) is 16.7 Å². The summed E-state index contributed by atoms with van der Waals surface area (Å²) in [6, 6.07) is 7.78. The molecule has 1 aliphatic rings. The summed E-state index contributed by atoms with van der Waals surface area (Å²) >= 11 is 0. The highest BCUT2D eigenvalue weighted by molar-refractivity contribution is 5.69. The first-order valence-electron chi connectivity index (χ1n) is 5.71. The van der Waals surface area contributed by atoms with Gasteiger partial charge in [-0.05, 0) is 18.2 Å². The molecule has 0 bridgehead atoms. The van der Waals surface area contributed by atoms with Gasteiger partial charge in [0.1, 0.15) is 5.82 Å². The Balaban J connectivity index is 1.95. The van der Waals surface area contributed by atoms with E-state index in [0.29, 0.717) is 17.2 Å². The SMILES string of the molecule is Nc1ccc([N+](=O)[O-])c(Nc2ccc3c(c2)OCO3)n1. The molecule has 20 heavy (non-hydrogen) atoms. The summed E-state index contributed by atoms with van der Waals surface area (Å²) in [5, 5.41) is 13.8. The number of fused-ring (bicyclic) bond motifs is 1. The number of ether oxygens (including phenoxy) is 2. The van der Waals surface area contributed by atoms with Crippen molar-refractivity contribution in [3.63, 3.8) is 0 Å². The highest BCUT2D eigenvalue weighted by atomic mass is 16.7. The maximum Gasteiger partial charge on any atom is 0.311 e. The van der Waals surface area contributed by atoms with Crippen molar-refractivity contribution < 1.29 is 14.4 Å². The average molecular weight is 274 g/mol. The van der Waals surface area contributed by atoms with Crippen LogP contribution in [0.25, 0.3) is 0 Å². The molecule has 8 heteroatoms. The molecule has 0 unspecified atom stereocenters. The molecule has 2 aromatic rings. The van der Waals surface area contributed by atoms with Gasteiger partial charge in [0, 0.05) is 17.8 Å². The maximum atomic E-state index is 11.0. The van der Waals surface area contributed by atoms with Crippen molar-refractivity contribution >= 4 is 23.0 Å². The lowest BCUT2D eigenvalue weighted by Gasteiger charge is -2.07. The van der Waals surface area contributed by atoms with Crippen LogP contribution in [0.4, 0.5) is 23.0 Å². The molecule has 102 valence electrons. The lowest BCUT2D eigenvalue weighted by atomic mass is 10.2. The fraction of sp³-hybridized carbons (Fsp3) is 0.0833. The van der Waals surface area contributed by atoms with Crippen molar-refractivity contribution in [2.24, 2.45) is 0 Å². The zero-order chi connectivity index (χ0) is 14.1. The topological polar surface area (TPSA) is 113 Å². The molecular formula is C12H10N4O4. The molecule has 0 aliphatic carbocycles. The molecule has 0 saturated heterocycles. The van der Waals surface area contributed by atoms with Crippen LogP contribution in [-0.2, 0) is 0 Å². The highest BCUT2D eigenvalue weighted by Gasteiger charge is 2.18. The molecule has 3 N–H and O–H groups in total. The van der Waals surface area contributed by atoms with Crippen molar-refractivity contribution in [3.8, 4) is 11.5 Å². The minimum atomic E-state index is -0.526. The van der Waals surface area contributed by atoms with E-state index in [1.165, 1.54) is 12.1 Å². The summed E-state index contributed by atoms with van der Waals surface area (Å²) in [5.74, 6) is 1.47. The van der Waals surface area contributed by atoms with Crippen LogP contribution >= 0.6 is 0 Å². The van der Waals surface area contributed by atoms with E-state index in [-0.39, 0.29) is 24.1 Å². The lowest BCUT2D eigenvalue weighted by molar-refractivity contribution is -0.384. The minimum absolute atomic E-state index is 0.0777. The molecule has 0 atom stereocenters. The van der Waals surface area contributed by atoms with Gasteiger partial charge < -0.3 is 20.5 Å².